The molecule has 1 aliphatic heterocycles. The lowest BCUT2D eigenvalue weighted by Crippen LogP contribution is -2.49. The van der Waals surface area contributed by atoms with Gasteiger partial charge in [0.25, 0.3) is 0 Å². The summed E-state index contributed by atoms with van der Waals surface area (Å²) in [4.78, 5) is 29.2. The standard InChI is InChI=1S/C24H24ClN3O2/c25-20-8-9-21-22(17-20)28(12-10-23(21)29)18-24(30)27-15-13-26(14-16-27)11-4-7-19-5-2-1-3-6-19/h1-10,12,17H,11,13-16,18H2/b7-4+. The number of hydrogen-bond donors (Lipinski definition) is 0. The Morgan fingerprint density at radius 2 is 1.77 bits per heavy atom. The lowest BCUT2D eigenvalue weighted by atomic mass is 10.2. The Morgan fingerprint density at radius 3 is 2.53 bits per heavy atom. The van der Waals surface area contributed by atoms with Gasteiger partial charge in [-0.25, -0.2) is 0 Å². The molecule has 1 fully saturated rings. The van der Waals surface area contributed by atoms with Crippen LogP contribution >= 0.6 is 11.6 Å². The summed E-state index contributed by atoms with van der Waals surface area (Å²) in [6, 6.07) is 16.9. The van der Waals surface area contributed by atoms with Crippen LogP contribution in [0.25, 0.3) is 17.0 Å². The Morgan fingerprint density at radius 1 is 1.00 bits per heavy atom. The number of piperazine rings is 1. The van der Waals surface area contributed by atoms with Crippen LogP contribution in [-0.2, 0) is 11.3 Å². The second kappa shape index (κ2) is 9.28. The van der Waals surface area contributed by atoms with Crippen LogP contribution in [0.4, 0.5) is 0 Å². The quantitative estimate of drug-likeness (QED) is 0.633. The maximum absolute atomic E-state index is 12.8. The molecule has 6 heteroatoms. The SMILES string of the molecule is O=C(Cn1ccc(=O)c2ccc(Cl)cc21)N1CCN(C/C=C/c2ccccc2)CC1. The van der Waals surface area contributed by atoms with Crippen molar-refractivity contribution in [3.05, 3.63) is 87.7 Å². The summed E-state index contributed by atoms with van der Waals surface area (Å²) < 4.78 is 1.81. The number of nitrogens with zero attached hydrogens (tertiary/aromatic N) is 3. The van der Waals surface area contributed by atoms with Gasteiger partial charge in [0.15, 0.2) is 5.43 Å². The highest BCUT2D eigenvalue weighted by molar-refractivity contribution is 6.31. The summed E-state index contributed by atoms with van der Waals surface area (Å²) in [5.41, 5.74) is 1.82. The van der Waals surface area contributed by atoms with E-state index in [4.69, 9.17) is 11.6 Å². The molecule has 154 valence electrons. The van der Waals surface area contributed by atoms with E-state index in [1.54, 1.807) is 29.0 Å². The fourth-order valence-corrected chi connectivity index (χ4v) is 3.91. The molecule has 0 N–H and O–H groups in total. The van der Waals surface area contributed by atoms with E-state index < -0.39 is 0 Å². The molecule has 30 heavy (non-hydrogen) atoms. The molecule has 1 aliphatic rings. The van der Waals surface area contributed by atoms with Crippen LogP contribution < -0.4 is 5.43 Å². The molecule has 0 atom stereocenters. The molecule has 0 spiro atoms. The van der Waals surface area contributed by atoms with Crippen molar-refractivity contribution in [1.29, 1.82) is 0 Å². The van der Waals surface area contributed by atoms with Crippen molar-refractivity contribution in [3.8, 4) is 0 Å². The fraction of sp³-hybridized carbons (Fsp3) is 0.250. The number of hydrogen-bond acceptors (Lipinski definition) is 3. The largest absolute Gasteiger partial charge is 0.339 e. The molecular weight excluding hydrogens is 398 g/mol. The van der Waals surface area contributed by atoms with E-state index >= 15 is 0 Å². The van der Waals surface area contributed by atoms with E-state index in [9.17, 15) is 9.59 Å². The van der Waals surface area contributed by atoms with E-state index in [1.807, 2.05) is 23.1 Å². The van der Waals surface area contributed by atoms with Crippen molar-refractivity contribution in [2.24, 2.45) is 0 Å². The fourth-order valence-electron chi connectivity index (χ4n) is 3.74. The average Bonchev–Trinajstić information content (AvgIpc) is 2.77. The first-order valence-electron chi connectivity index (χ1n) is 10.1. The van der Waals surface area contributed by atoms with Crippen LogP contribution in [0, 0.1) is 0 Å². The zero-order chi connectivity index (χ0) is 20.9. The van der Waals surface area contributed by atoms with Gasteiger partial charge < -0.3 is 9.47 Å². The molecule has 4 rings (SSSR count). The predicted molar refractivity (Wildman–Crippen MR) is 122 cm³/mol. The maximum Gasteiger partial charge on any atom is 0.242 e. The van der Waals surface area contributed by atoms with E-state index in [-0.39, 0.29) is 17.9 Å². The van der Waals surface area contributed by atoms with Crippen LogP contribution in [0.3, 0.4) is 0 Å². The molecule has 0 radical (unpaired) electrons. The molecule has 1 aromatic heterocycles. The Balaban J connectivity index is 1.34. The molecule has 5 nitrogen and oxygen atoms in total. The summed E-state index contributed by atoms with van der Waals surface area (Å²) in [6.07, 6.45) is 5.97. The first-order valence-corrected chi connectivity index (χ1v) is 10.5. The second-order valence-electron chi connectivity index (χ2n) is 7.46. The van der Waals surface area contributed by atoms with Crippen LogP contribution in [0.2, 0.25) is 5.02 Å². The van der Waals surface area contributed by atoms with Crippen molar-refractivity contribution < 1.29 is 4.79 Å². The molecule has 0 bridgehead atoms. The van der Waals surface area contributed by atoms with Gasteiger partial charge >= 0.3 is 0 Å². The van der Waals surface area contributed by atoms with Gasteiger partial charge in [0, 0.05) is 55.4 Å². The monoisotopic (exact) mass is 421 g/mol. The number of rotatable bonds is 5. The first kappa shape index (κ1) is 20.4. The summed E-state index contributed by atoms with van der Waals surface area (Å²) in [7, 11) is 0. The summed E-state index contributed by atoms with van der Waals surface area (Å²) >= 11 is 6.10. The highest BCUT2D eigenvalue weighted by Gasteiger charge is 2.21. The third-order valence-electron chi connectivity index (χ3n) is 5.44. The van der Waals surface area contributed by atoms with Crippen molar-refractivity contribution in [2.75, 3.05) is 32.7 Å². The third kappa shape index (κ3) is 4.81. The molecule has 2 heterocycles. The molecular formula is C24H24ClN3O2. The molecule has 2 aromatic carbocycles. The maximum atomic E-state index is 12.8. The van der Waals surface area contributed by atoms with Crippen LogP contribution in [-0.4, -0.2) is 53.0 Å². The van der Waals surface area contributed by atoms with Gasteiger partial charge in [-0.3, -0.25) is 14.5 Å². The van der Waals surface area contributed by atoms with Crippen LogP contribution in [0.1, 0.15) is 5.56 Å². The van der Waals surface area contributed by atoms with Crippen molar-refractivity contribution in [3.63, 3.8) is 0 Å². The van der Waals surface area contributed by atoms with Gasteiger partial charge in [0.2, 0.25) is 5.91 Å². The smallest absolute Gasteiger partial charge is 0.242 e. The number of halogens is 1. The zero-order valence-corrected chi connectivity index (χ0v) is 17.5. The molecule has 1 saturated heterocycles. The van der Waals surface area contributed by atoms with Gasteiger partial charge in [0.05, 0.1) is 5.52 Å². The van der Waals surface area contributed by atoms with Crippen LogP contribution in [0.5, 0.6) is 0 Å². The minimum absolute atomic E-state index is 0.0550. The van der Waals surface area contributed by atoms with Crippen molar-refractivity contribution >= 4 is 34.5 Å². The second-order valence-corrected chi connectivity index (χ2v) is 7.90. The number of carbonyl (C=O) groups is 1. The predicted octanol–water partition coefficient (Wildman–Crippen LogP) is 3.51. The Labute approximate surface area is 180 Å². The van der Waals surface area contributed by atoms with Crippen LogP contribution in [0.15, 0.2) is 71.7 Å². The van der Waals surface area contributed by atoms with Crippen molar-refractivity contribution in [2.45, 2.75) is 6.54 Å². The number of benzene rings is 2. The van der Waals surface area contributed by atoms with Gasteiger partial charge in [-0.15, -0.1) is 0 Å². The normalized spacial score (nSPS) is 15.2. The molecule has 0 saturated carbocycles. The topological polar surface area (TPSA) is 45.6 Å². The summed E-state index contributed by atoms with van der Waals surface area (Å²) in [5, 5.41) is 1.12. The lowest BCUT2D eigenvalue weighted by molar-refractivity contribution is -0.133. The summed E-state index contributed by atoms with van der Waals surface area (Å²) in [6.45, 7) is 4.18. The van der Waals surface area contributed by atoms with Gasteiger partial charge in [-0.2, -0.15) is 0 Å². The number of pyridine rings is 1. The third-order valence-corrected chi connectivity index (χ3v) is 5.68. The zero-order valence-electron chi connectivity index (χ0n) is 16.7. The lowest BCUT2D eigenvalue weighted by Gasteiger charge is -2.34. The molecule has 3 aromatic rings. The van der Waals surface area contributed by atoms with Gasteiger partial charge in [-0.05, 0) is 23.8 Å². The van der Waals surface area contributed by atoms with Gasteiger partial charge in [0.1, 0.15) is 6.54 Å². The minimum Gasteiger partial charge on any atom is -0.339 e. The van der Waals surface area contributed by atoms with E-state index in [2.05, 4.69) is 29.2 Å². The van der Waals surface area contributed by atoms with E-state index in [1.165, 1.54) is 11.6 Å². The van der Waals surface area contributed by atoms with Gasteiger partial charge in [-0.1, -0.05) is 54.1 Å². The number of carbonyl (C=O) groups excluding carboxylic acids is 1. The first-order chi connectivity index (χ1) is 14.6. The van der Waals surface area contributed by atoms with E-state index in [0.717, 1.165) is 19.6 Å². The van der Waals surface area contributed by atoms with E-state index in [0.29, 0.717) is 29.0 Å². The highest BCUT2D eigenvalue weighted by atomic mass is 35.5. The molecule has 0 unspecified atom stereocenters. The van der Waals surface area contributed by atoms with Crippen molar-refractivity contribution in [1.82, 2.24) is 14.4 Å². The Bertz CT molecular complexity index is 1120. The molecule has 1 amide bonds. The average molecular weight is 422 g/mol. The Kier molecular flexibility index (Phi) is 6.31. The number of amides is 1. The number of fused-ring (bicyclic) bond motifs is 1. The minimum atomic E-state index is -0.0671. The number of aromatic nitrogens is 1. The highest BCUT2D eigenvalue weighted by Crippen LogP contribution is 2.17. The summed E-state index contributed by atoms with van der Waals surface area (Å²) in [5.74, 6) is 0.0550. The molecule has 0 aliphatic carbocycles. The Hall–Kier alpha value is -2.89.